The first-order valence-corrected chi connectivity index (χ1v) is 10.5. The van der Waals surface area contributed by atoms with E-state index in [1.807, 2.05) is 6.92 Å². The van der Waals surface area contributed by atoms with Crippen LogP contribution in [0.2, 0.25) is 0 Å². The Balaban J connectivity index is 1.75. The van der Waals surface area contributed by atoms with Gasteiger partial charge in [0.15, 0.2) is 0 Å². The van der Waals surface area contributed by atoms with Gasteiger partial charge < -0.3 is 5.32 Å². The molecular weight excluding hydrogens is 369 g/mol. The highest BCUT2D eigenvalue weighted by Crippen LogP contribution is 2.53. The lowest BCUT2D eigenvalue weighted by Gasteiger charge is -2.36. The summed E-state index contributed by atoms with van der Waals surface area (Å²) in [7, 11) is -3.90. The smallest absolute Gasteiger partial charge is 0.263 e. The van der Waals surface area contributed by atoms with Crippen molar-refractivity contribution in [2.45, 2.75) is 49.3 Å². The molecule has 0 atom stereocenters. The van der Waals surface area contributed by atoms with Crippen molar-refractivity contribution in [2.24, 2.45) is 0 Å². The van der Waals surface area contributed by atoms with Crippen LogP contribution in [0.25, 0.3) is 0 Å². The molecule has 1 spiro atoms. The van der Waals surface area contributed by atoms with E-state index in [4.69, 9.17) is 0 Å². The minimum atomic E-state index is -3.90. The van der Waals surface area contributed by atoms with Crippen LogP contribution in [-0.2, 0) is 26.7 Å². The van der Waals surface area contributed by atoms with E-state index in [2.05, 4.69) is 15.0 Å². The van der Waals surface area contributed by atoms with E-state index in [1.54, 1.807) is 12.1 Å². The molecule has 142 valence electrons. The van der Waals surface area contributed by atoms with E-state index in [0.29, 0.717) is 5.69 Å². The summed E-state index contributed by atoms with van der Waals surface area (Å²) < 4.78 is 40.8. The van der Waals surface area contributed by atoms with Gasteiger partial charge in [-0.15, -0.1) is 0 Å². The van der Waals surface area contributed by atoms with Gasteiger partial charge in [-0.25, -0.2) is 13.4 Å². The number of hydrogen-bond donors (Lipinski definition) is 2. The normalized spacial score (nSPS) is 17.3. The molecular formula is C19H20FN3O3S. The maximum atomic E-state index is 13.0. The predicted molar refractivity (Wildman–Crippen MR) is 99.6 cm³/mol. The number of aromatic nitrogens is 1. The second-order valence-electron chi connectivity index (χ2n) is 7.12. The van der Waals surface area contributed by atoms with Crippen molar-refractivity contribution >= 4 is 27.3 Å². The number of halogens is 1. The Labute approximate surface area is 157 Å². The molecule has 6 nitrogen and oxygen atoms in total. The van der Waals surface area contributed by atoms with E-state index in [-0.39, 0.29) is 10.8 Å². The monoisotopic (exact) mass is 389 g/mol. The lowest BCUT2D eigenvalue weighted by Crippen LogP contribution is -2.40. The van der Waals surface area contributed by atoms with Crippen LogP contribution in [0.1, 0.15) is 43.7 Å². The fraction of sp³-hybridized carbons (Fsp3) is 0.368. The van der Waals surface area contributed by atoms with Crippen LogP contribution >= 0.6 is 0 Å². The minimum Gasteiger partial charge on any atom is -0.325 e. The summed E-state index contributed by atoms with van der Waals surface area (Å²) in [4.78, 5) is 15.8. The van der Waals surface area contributed by atoms with Crippen LogP contribution in [0.3, 0.4) is 0 Å². The van der Waals surface area contributed by atoms with Gasteiger partial charge in [0, 0.05) is 11.4 Å². The van der Waals surface area contributed by atoms with Crippen molar-refractivity contribution in [2.75, 3.05) is 10.0 Å². The maximum Gasteiger partial charge on any atom is 0.263 e. The molecule has 0 saturated heterocycles. The van der Waals surface area contributed by atoms with Crippen LogP contribution in [0.4, 0.5) is 15.8 Å². The Morgan fingerprint density at radius 3 is 2.67 bits per heavy atom. The number of nitrogens with zero attached hydrogens (tertiary/aromatic N) is 1. The first-order valence-electron chi connectivity index (χ1n) is 8.99. The topological polar surface area (TPSA) is 88.2 Å². The molecule has 4 rings (SSSR count). The highest BCUT2D eigenvalue weighted by molar-refractivity contribution is 7.92. The molecule has 0 unspecified atom stereocenters. The number of sulfonamides is 1. The average Bonchev–Trinajstić information content (AvgIpc) is 2.87. The molecule has 0 bridgehead atoms. The molecule has 1 saturated carbocycles. The number of amides is 1. The van der Waals surface area contributed by atoms with Gasteiger partial charge in [-0.2, -0.15) is 4.39 Å². The van der Waals surface area contributed by atoms with Gasteiger partial charge in [0.2, 0.25) is 11.9 Å². The number of carbonyl (C=O) groups excluding carboxylic acids is 1. The summed E-state index contributed by atoms with van der Waals surface area (Å²) in [5, 5.41) is 3.00. The van der Waals surface area contributed by atoms with Crippen LogP contribution in [-0.4, -0.2) is 19.3 Å². The number of fused-ring (bicyclic) bond motifs is 2. The summed E-state index contributed by atoms with van der Waals surface area (Å²) >= 11 is 0. The molecule has 2 heterocycles. The first kappa shape index (κ1) is 17.9. The number of aryl methyl sites for hydroxylation is 1. The maximum absolute atomic E-state index is 13.0. The lowest BCUT2D eigenvalue weighted by molar-refractivity contribution is -0.123. The summed E-state index contributed by atoms with van der Waals surface area (Å²) in [5.74, 6) is -0.739. The SMILES string of the molecule is CCCc1cc(NS(=O)(=O)c2ccc(F)nc2)cc2c1NC(=O)C21CCC1. The molecule has 2 aliphatic rings. The largest absolute Gasteiger partial charge is 0.325 e. The van der Waals surface area contributed by atoms with E-state index >= 15 is 0 Å². The van der Waals surface area contributed by atoms with Crippen LogP contribution in [0.15, 0.2) is 35.4 Å². The van der Waals surface area contributed by atoms with E-state index in [0.717, 1.165) is 61.2 Å². The molecule has 2 N–H and O–H groups in total. The molecule has 2 aromatic rings. The van der Waals surface area contributed by atoms with E-state index < -0.39 is 21.4 Å². The van der Waals surface area contributed by atoms with Gasteiger partial charge in [0.1, 0.15) is 4.90 Å². The summed E-state index contributed by atoms with van der Waals surface area (Å²) in [6.45, 7) is 2.03. The minimum absolute atomic E-state index is 0.00356. The van der Waals surface area contributed by atoms with Crippen molar-refractivity contribution in [1.82, 2.24) is 4.98 Å². The van der Waals surface area contributed by atoms with Gasteiger partial charge in [-0.1, -0.05) is 19.8 Å². The first-order chi connectivity index (χ1) is 12.9. The summed E-state index contributed by atoms with van der Waals surface area (Å²) in [6.07, 6.45) is 5.11. The molecule has 1 aliphatic carbocycles. The quantitative estimate of drug-likeness (QED) is 0.768. The second kappa shape index (κ2) is 6.30. The Morgan fingerprint density at radius 2 is 2.07 bits per heavy atom. The molecule has 27 heavy (non-hydrogen) atoms. The number of nitrogens with one attached hydrogen (secondary N) is 2. The number of anilines is 2. The Kier molecular flexibility index (Phi) is 4.18. The van der Waals surface area contributed by atoms with Crippen LogP contribution in [0.5, 0.6) is 0 Å². The molecule has 1 aliphatic heterocycles. The number of pyridine rings is 1. The Bertz CT molecular complexity index is 1020. The van der Waals surface area contributed by atoms with Gasteiger partial charge in [0.25, 0.3) is 10.0 Å². The predicted octanol–water partition coefficient (Wildman–Crippen LogP) is 3.35. The number of hydrogen-bond acceptors (Lipinski definition) is 4. The molecule has 1 aromatic heterocycles. The Hall–Kier alpha value is -2.48. The highest BCUT2D eigenvalue weighted by atomic mass is 32.2. The van der Waals surface area contributed by atoms with E-state index in [1.165, 1.54) is 6.07 Å². The zero-order valence-electron chi connectivity index (χ0n) is 14.9. The van der Waals surface area contributed by atoms with Gasteiger partial charge in [-0.3, -0.25) is 9.52 Å². The summed E-state index contributed by atoms with van der Waals surface area (Å²) in [6, 6.07) is 5.68. The van der Waals surface area contributed by atoms with Crippen LogP contribution in [0, 0.1) is 5.95 Å². The van der Waals surface area contributed by atoms with Crippen molar-refractivity contribution in [1.29, 1.82) is 0 Å². The van der Waals surface area contributed by atoms with Crippen molar-refractivity contribution < 1.29 is 17.6 Å². The number of carbonyl (C=O) groups is 1. The lowest BCUT2D eigenvalue weighted by atomic mass is 9.65. The third-order valence-electron chi connectivity index (χ3n) is 5.40. The number of benzene rings is 1. The average molecular weight is 389 g/mol. The molecule has 1 aromatic carbocycles. The zero-order valence-corrected chi connectivity index (χ0v) is 15.7. The fourth-order valence-electron chi connectivity index (χ4n) is 3.87. The van der Waals surface area contributed by atoms with Crippen molar-refractivity contribution in [3.05, 3.63) is 47.5 Å². The second-order valence-corrected chi connectivity index (χ2v) is 8.80. The highest BCUT2D eigenvalue weighted by Gasteiger charge is 2.51. The van der Waals surface area contributed by atoms with Gasteiger partial charge >= 0.3 is 0 Å². The summed E-state index contributed by atoms with van der Waals surface area (Å²) in [5.41, 5.74) is 2.50. The van der Waals surface area contributed by atoms with Crippen molar-refractivity contribution in [3.8, 4) is 0 Å². The Morgan fingerprint density at radius 1 is 1.30 bits per heavy atom. The fourth-order valence-corrected chi connectivity index (χ4v) is 4.85. The third kappa shape index (κ3) is 2.88. The molecule has 8 heteroatoms. The molecule has 1 fully saturated rings. The van der Waals surface area contributed by atoms with Crippen molar-refractivity contribution in [3.63, 3.8) is 0 Å². The van der Waals surface area contributed by atoms with E-state index in [9.17, 15) is 17.6 Å². The number of rotatable bonds is 5. The van der Waals surface area contributed by atoms with Crippen LogP contribution < -0.4 is 10.0 Å². The molecule has 0 radical (unpaired) electrons. The standard InChI is InChI=1S/C19H20FN3O3S/c1-2-4-12-9-13(23-27(25,26)14-5-6-16(20)21-11-14)10-15-17(12)22-18(24)19(15)7-3-8-19/h5-6,9-11,23H,2-4,7-8H2,1H3,(H,22,24). The van der Waals surface area contributed by atoms with Gasteiger partial charge in [-0.05, 0) is 54.7 Å². The zero-order chi connectivity index (χ0) is 19.2. The van der Waals surface area contributed by atoms with Gasteiger partial charge in [0.05, 0.1) is 11.6 Å². The third-order valence-corrected chi connectivity index (χ3v) is 6.76. The molecule has 1 amide bonds.